The van der Waals surface area contributed by atoms with Crippen molar-refractivity contribution in [2.24, 2.45) is 0 Å². The lowest BCUT2D eigenvalue weighted by Gasteiger charge is -2.13. The van der Waals surface area contributed by atoms with Crippen molar-refractivity contribution in [2.45, 2.75) is 0 Å². The fraction of sp³-hybridized carbons (Fsp3) is 0.0323. The molecule has 6 rings (SSSR count). The van der Waals surface area contributed by atoms with E-state index in [1.165, 1.54) is 24.3 Å². The molecule has 3 aromatic heterocycles. The molecular weight excluding hydrogens is 510 g/mol. The Morgan fingerprint density at radius 3 is 2.35 bits per heavy atom. The van der Waals surface area contributed by atoms with Gasteiger partial charge in [0.2, 0.25) is 5.88 Å². The number of benzene rings is 3. The maximum atomic E-state index is 15.2. The lowest BCUT2D eigenvalue weighted by atomic mass is 10.0. The van der Waals surface area contributed by atoms with Gasteiger partial charge in [0.25, 0.3) is 0 Å². The first-order valence-corrected chi connectivity index (χ1v) is 12.4. The number of anilines is 3. The lowest BCUT2D eigenvalue weighted by molar-refractivity contribution is 0.429. The lowest BCUT2D eigenvalue weighted by Crippen LogP contribution is -2.00. The molecule has 2 N–H and O–H groups in total. The van der Waals surface area contributed by atoms with Gasteiger partial charge in [-0.25, -0.2) is 18.7 Å². The summed E-state index contributed by atoms with van der Waals surface area (Å²) >= 11 is 0. The number of ether oxygens (including phenoxy) is 1. The van der Waals surface area contributed by atoms with E-state index >= 15 is 4.39 Å². The van der Waals surface area contributed by atoms with Gasteiger partial charge in [0.1, 0.15) is 17.3 Å². The second-order valence-corrected chi connectivity index (χ2v) is 8.86. The van der Waals surface area contributed by atoms with Gasteiger partial charge in [0, 0.05) is 53.1 Å². The molecule has 0 amide bonds. The minimum Gasteiger partial charge on any atom is -0.435 e. The number of halogens is 2. The van der Waals surface area contributed by atoms with E-state index in [-0.39, 0.29) is 17.4 Å². The summed E-state index contributed by atoms with van der Waals surface area (Å²) in [5.74, 6) is 0.537. The van der Waals surface area contributed by atoms with E-state index in [1.54, 1.807) is 43.7 Å². The minimum absolute atomic E-state index is 0.0241. The third-order valence-electron chi connectivity index (χ3n) is 6.30. The zero-order valence-electron chi connectivity index (χ0n) is 21.3. The van der Waals surface area contributed by atoms with Crippen LogP contribution < -0.4 is 15.4 Å². The highest BCUT2D eigenvalue weighted by Crippen LogP contribution is 2.35. The molecule has 196 valence electrons. The number of aromatic nitrogens is 4. The highest BCUT2D eigenvalue weighted by molar-refractivity contribution is 6.00. The Kier molecular flexibility index (Phi) is 6.68. The fourth-order valence-electron chi connectivity index (χ4n) is 4.35. The van der Waals surface area contributed by atoms with Gasteiger partial charge in [-0.15, -0.1) is 10.2 Å². The first kappa shape index (κ1) is 24.9. The molecule has 0 spiro atoms. The zero-order valence-corrected chi connectivity index (χ0v) is 21.3. The Labute approximate surface area is 228 Å². The summed E-state index contributed by atoms with van der Waals surface area (Å²) in [6.45, 7) is 0. The second-order valence-electron chi connectivity index (χ2n) is 8.86. The van der Waals surface area contributed by atoms with E-state index in [9.17, 15) is 4.39 Å². The summed E-state index contributed by atoms with van der Waals surface area (Å²) < 4.78 is 34.6. The number of fused-ring (bicyclic) bond motifs is 1. The maximum Gasteiger partial charge on any atom is 0.227 e. The van der Waals surface area contributed by atoms with E-state index in [4.69, 9.17) is 4.74 Å². The molecule has 0 atom stereocenters. The SMILES string of the molecule is CNc1cc(-c2cccnc2Oc2ccc(Nc3nnc(-c4ccc(F)cc4)c4ccccc34)cc2F)ccn1. The predicted octanol–water partition coefficient (Wildman–Crippen LogP) is 7.61. The van der Waals surface area contributed by atoms with Gasteiger partial charge in [-0.3, -0.25) is 0 Å². The summed E-state index contributed by atoms with van der Waals surface area (Å²) in [6.07, 6.45) is 3.27. The minimum atomic E-state index is -0.576. The molecule has 0 aliphatic carbocycles. The number of hydrogen-bond donors (Lipinski definition) is 2. The van der Waals surface area contributed by atoms with E-state index in [0.29, 0.717) is 28.6 Å². The molecule has 0 saturated carbocycles. The van der Waals surface area contributed by atoms with Crippen LogP contribution in [0.1, 0.15) is 0 Å². The molecule has 40 heavy (non-hydrogen) atoms. The molecule has 3 aromatic carbocycles. The highest BCUT2D eigenvalue weighted by atomic mass is 19.1. The molecule has 6 aromatic rings. The van der Waals surface area contributed by atoms with Crippen LogP contribution in [0.2, 0.25) is 0 Å². The molecule has 3 heterocycles. The Hall–Kier alpha value is -5.44. The van der Waals surface area contributed by atoms with Crippen LogP contribution in [0.25, 0.3) is 33.2 Å². The van der Waals surface area contributed by atoms with E-state index in [1.807, 2.05) is 42.5 Å². The molecule has 0 radical (unpaired) electrons. The first-order valence-electron chi connectivity index (χ1n) is 12.4. The number of nitrogens with one attached hydrogen (secondary N) is 2. The molecule has 0 bridgehead atoms. The number of rotatable bonds is 7. The molecule has 0 aliphatic heterocycles. The topological polar surface area (TPSA) is 84.9 Å². The Morgan fingerprint density at radius 2 is 1.55 bits per heavy atom. The zero-order chi connectivity index (χ0) is 27.5. The van der Waals surface area contributed by atoms with Crippen LogP contribution in [-0.2, 0) is 0 Å². The van der Waals surface area contributed by atoms with Crippen molar-refractivity contribution < 1.29 is 13.5 Å². The van der Waals surface area contributed by atoms with Gasteiger partial charge < -0.3 is 15.4 Å². The maximum absolute atomic E-state index is 15.2. The van der Waals surface area contributed by atoms with Crippen molar-refractivity contribution in [1.29, 1.82) is 0 Å². The van der Waals surface area contributed by atoms with Crippen molar-refractivity contribution in [1.82, 2.24) is 20.2 Å². The van der Waals surface area contributed by atoms with Crippen LogP contribution in [-0.4, -0.2) is 27.2 Å². The quantitative estimate of drug-likeness (QED) is 0.219. The number of pyridine rings is 2. The molecule has 7 nitrogen and oxygen atoms in total. The average molecular weight is 533 g/mol. The van der Waals surface area contributed by atoms with Crippen LogP contribution in [0.15, 0.2) is 103 Å². The highest BCUT2D eigenvalue weighted by Gasteiger charge is 2.15. The average Bonchev–Trinajstić information content (AvgIpc) is 2.99. The molecule has 0 fully saturated rings. The van der Waals surface area contributed by atoms with Crippen molar-refractivity contribution >= 4 is 28.1 Å². The first-order chi connectivity index (χ1) is 19.6. The Bertz CT molecular complexity index is 1830. The summed E-state index contributed by atoms with van der Waals surface area (Å²) in [7, 11) is 1.78. The van der Waals surface area contributed by atoms with Gasteiger partial charge in [0.15, 0.2) is 17.4 Å². The number of hydrogen-bond acceptors (Lipinski definition) is 7. The fourth-order valence-corrected chi connectivity index (χ4v) is 4.35. The Morgan fingerprint density at radius 1 is 0.725 bits per heavy atom. The van der Waals surface area contributed by atoms with Crippen molar-refractivity contribution in [2.75, 3.05) is 17.7 Å². The molecule has 0 unspecified atom stereocenters. The van der Waals surface area contributed by atoms with Crippen LogP contribution in [0, 0.1) is 11.6 Å². The number of nitrogens with zero attached hydrogens (tertiary/aromatic N) is 4. The third kappa shape index (κ3) is 5.00. The van der Waals surface area contributed by atoms with Crippen LogP contribution in [0.5, 0.6) is 11.6 Å². The normalized spacial score (nSPS) is 10.9. The monoisotopic (exact) mass is 532 g/mol. The van der Waals surface area contributed by atoms with Crippen LogP contribution >= 0.6 is 0 Å². The molecule has 0 aliphatic rings. The Balaban J connectivity index is 1.28. The van der Waals surface area contributed by atoms with Gasteiger partial charge in [0.05, 0.1) is 0 Å². The van der Waals surface area contributed by atoms with E-state index < -0.39 is 5.82 Å². The van der Waals surface area contributed by atoms with Gasteiger partial charge in [-0.2, -0.15) is 0 Å². The largest absolute Gasteiger partial charge is 0.435 e. The second kappa shape index (κ2) is 10.7. The van der Waals surface area contributed by atoms with E-state index in [0.717, 1.165) is 21.9 Å². The van der Waals surface area contributed by atoms with Gasteiger partial charge >= 0.3 is 0 Å². The van der Waals surface area contributed by atoms with Crippen molar-refractivity contribution in [3.05, 3.63) is 115 Å². The smallest absolute Gasteiger partial charge is 0.227 e. The molecule has 0 saturated heterocycles. The van der Waals surface area contributed by atoms with Crippen molar-refractivity contribution in [3.63, 3.8) is 0 Å². The third-order valence-corrected chi connectivity index (χ3v) is 6.30. The molecular formula is C31H22F2N6O. The summed E-state index contributed by atoms with van der Waals surface area (Å²) in [4.78, 5) is 8.56. The summed E-state index contributed by atoms with van der Waals surface area (Å²) in [6, 6.07) is 25.6. The van der Waals surface area contributed by atoms with Crippen LogP contribution in [0.4, 0.5) is 26.1 Å². The molecule has 9 heteroatoms. The van der Waals surface area contributed by atoms with E-state index in [2.05, 4.69) is 30.8 Å². The summed E-state index contributed by atoms with van der Waals surface area (Å²) in [5, 5.41) is 16.5. The predicted molar refractivity (Wildman–Crippen MR) is 152 cm³/mol. The van der Waals surface area contributed by atoms with Gasteiger partial charge in [-0.1, -0.05) is 24.3 Å². The summed E-state index contributed by atoms with van der Waals surface area (Å²) in [5.41, 5.74) is 3.36. The van der Waals surface area contributed by atoms with Gasteiger partial charge in [-0.05, 0) is 66.2 Å². The van der Waals surface area contributed by atoms with Crippen molar-refractivity contribution in [3.8, 4) is 34.0 Å². The standard InChI is InChI=1S/C31H22F2N6O/c1-34-28-17-20(14-16-35-28)23-7-4-15-36-31(23)40-27-13-12-22(18-26(27)33)37-30-25-6-3-2-5-24(25)29(38-39-30)19-8-10-21(32)11-9-19/h2-18H,1H3,(H,34,35)(H,37,39). The van der Waals surface area contributed by atoms with Crippen LogP contribution in [0.3, 0.4) is 0 Å².